The maximum atomic E-state index is 12.7. The molecule has 1 atom stereocenters. The Bertz CT molecular complexity index is 688. The Kier molecular flexibility index (Phi) is 5.90. The number of benzene rings is 2. The quantitative estimate of drug-likeness (QED) is 0.605. The molecule has 2 aromatic carbocycles. The molecule has 4 heteroatoms. The molecule has 0 radical (unpaired) electrons. The fraction of sp³-hybridized carbons (Fsp3) is 0.263. The monoisotopic (exact) mass is 308 g/mol. The molecule has 0 aliphatic carbocycles. The first kappa shape index (κ1) is 16.7. The molecule has 2 rings (SSSR count). The molecule has 0 aliphatic heterocycles. The van der Waals surface area contributed by atoms with Crippen molar-refractivity contribution in [2.45, 2.75) is 19.9 Å². The van der Waals surface area contributed by atoms with Gasteiger partial charge in [-0.3, -0.25) is 4.90 Å². The molecule has 0 aromatic heterocycles. The molecule has 4 nitrogen and oxygen atoms in total. The zero-order valence-corrected chi connectivity index (χ0v) is 13.4. The molecule has 0 bridgehead atoms. The normalized spacial score (nSPS) is 11.7. The number of esters is 1. The lowest BCUT2D eigenvalue weighted by Crippen LogP contribution is -2.36. The first-order valence-corrected chi connectivity index (χ1v) is 7.70. The van der Waals surface area contributed by atoms with Crippen LogP contribution in [0.1, 0.15) is 31.0 Å². The highest BCUT2D eigenvalue weighted by Crippen LogP contribution is 2.24. The van der Waals surface area contributed by atoms with Gasteiger partial charge in [0.05, 0.1) is 11.6 Å². The minimum absolute atomic E-state index is 0.338. The predicted molar refractivity (Wildman–Crippen MR) is 88.9 cm³/mol. The maximum Gasteiger partial charge on any atom is 0.333 e. The minimum atomic E-state index is -0.461. The van der Waals surface area contributed by atoms with Crippen LogP contribution in [0.5, 0.6) is 5.75 Å². The summed E-state index contributed by atoms with van der Waals surface area (Å²) in [6.07, 6.45) is 0. The van der Waals surface area contributed by atoms with Crippen LogP contribution in [-0.2, 0) is 4.79 Å². The SMILES string of the molecule is CCN(CC)C(C(=O)Oc1cccc(C#N)c1)c1ccccc1. The van der Waals surface area contributed by atoms with Gasteiger partial charge in [0.15, 0.2) is 0 Å². The standard InChI is InChI=1S/C19H20N2O2/c1-3-21(4-2)18(16-10-6-5-7-11-16)19(22)23-17-12-8-9-15(13-17)14-20/h5-13,18H,3-4H2,1-2H3. The summed E-state index contributed by atoms with van der Waals surface area (Å²) in [6.45, 7) is 5.51. The molecule has 0 spiro atoms. The van der Waals surface area contributed by atoms with Crippen molar-refractivity contribution >= 4 is 5.97 Å². The average molecular weight is 308 g/mol. The molecule has 0 saturated heterocycles. The Balaban J connectivity index is 2.28. The maximum absolute atomic E-state index is 12.7. The summed E-state index contributed by atoms with van der Waals surface area (Å²) < 4.78 is 5.53. The molecule has 2 aromatic rings. The topological polar surface area (TPSA) is 53.3 Å². The number of carbonyl (C=O) groups is 1. The first-order chi connectivity index (χ1) is 11.2. The molecule has 0 aliphatic rings. The van der Waals surface area contributed by atoms with Crippen molar-refractivity contribution in [1.29, 1.82) is 5.26 Å². The number of hydrogen-bond donors (Lipinski definition) is 0. The smallest absolute Gasteiger partial charge is 0.333 e. The van der Waals surface area contributed by atoms with Crippen molar-refractivity contribution in [2.24, 2.45) is 0 Å². The van der Waals surface area contributed by atoms with Gasteiger partial charge in [0.25, 0.3) is 0 Å². The van der Waals surface area contributed by atoms with Crippen LogP contribution >= 0.6 is 0 Å². The molecule has 0 fully saturated rings. The highest BCUT2D eigenvalue weighted by Gasteiger charge is 2.27. The second kappa shape index (κ2) is 8.11. The van der Waals surface area contributed by atoms with Crippen molar-refractivity contribution in [3.63, 3.8) is 0 Å². The molecule has 0 heterocycles. The summed E-state index contributed by atoms with van der Waals surface area (Å²) in [5, 5.41) is 8.95. The fourth-order valence-corrected chi connectivity index (χ4v) is 2.52. The van der Waals surface area contributed by atoms with E-state index in [-0.39, 0.29) is 5.97 Å². The summed E-state index contributed by atoms with van der Waals surface area (Å²) in [7, 11) is 0. The van der Waals surface area contributed by atoms with Crippen molar-refractivity contribution in [3.8, 4) is 11.8 Å². The summed E-state index contributed by atoms with van der Waals surface area (Å²) in [6, 6.07) is 17.8. The molecule has 118 valence electrons. The third-order valence-electron chi connectivity index (χ3n) is 3.70. The molecule has 0 N–H and O–H groups in total. The van der Waals surface area contributed by atoms with E-state index in [2.05, 4.69) is 0 Å². The van der Waals surface area contributed by atoms with Crippen LogP contribution in [0.3, 0.4) is 0 Å². The highest BCUT2D eigenvalue weighted by molar-refractivity contribution is 5.80. The Morgan fingerprint density at radius 1 is 1.13 bits per heavy atom. The van der Waals surface area contributed by atoms with E-state index in [1.54, 1.807) is 24.3 Å². The zero-order chi connectivity index (χ0) is 16.7. The summed E-state index contributed by atoms with van der Waals surface area (Å²) >= 11 is 0. The Hall–Kier alpha value is -2.64. The van der Waals surface area contributed by atoms with Crippen LogP contribution in [0, 0.1) is 11.3 Å². The molecule has 1 unspecified atom stereocenters. The zero-order valence-electron chi connectivity index (χ0n) is 13.4. The van der Waals surface area contributed by atoms with Gasteiger partial charge in [0, 0.05) is 0 Å². The fourth-order valence-electron chi connectivity index (χ4n) is 2.52. The van der Waals surface area contributed by atoms with E-state index < -0.39 is 6.04 Å². The van der Waals surface area contributed by atoms with Gasteiger partial charge in [-0.1, -0.05) is 50.2 Å². The minimum Gasteiger partial charge on any atom is -0.425 e. The van der Waals surface area contributed by atoms with E-state index in [0.29, 0.717) is 11.3 Å². The lowest BCUT2D eigenvalue weighted by molar-refractivity contribution is -0.140. The van der Waals surface area contributed by atoms with Gasteiger partial charge >= 0.3 is 5.97 Å². The number of nitriles is 1. The number of nitrogens with zero attached hydrogens (tertiary/aromatic N) is 2. The molecule has 0 amide bonds. The average Bonchev–Trinajstić information content (AvgIpc) is 2.60. The number of ether oxygens (including phenoxy) is 1. The van der Waals surface area contributed by atoms with Gasteiger partial charge in [-0.05, 0) is 36.9 Å². The summed E-state index contributed by atoms with van der Waals surface area (Å²) in [4.78, 5) is 14.8. The van der Waals surface area contributed by atoms with Crippen LogP contribution in [0.2, 0.25) is 0 Å². The van der Waals surface area contributed by atoms with E-state index in [0.717, 1.165) is 18.7 Å². The van der Waals surface area contributed by atoms with Gasteiger partial charge in [-0.15, -0.1) is 0 Å². The lowest BCUT2D eigenvalue weighted by atomic mass is 10.1. The number of rotatable bonds is 6. The van der Waals surface area contributed by atoms with Crippen LogP contribution in [0.15, 0.2) is 54.6 Å². The van der Waals surface area contributed by atoms with E-state index >= 15 is 0 Å². The van der Waals surface area contributed by atoms with E-state index in [4.69, 9.17) is 10.00 Å². The molecule has 23 heavy (non-hydrogen) atoms. The van der Waals surface area contributed by atoms with Crippen LogP contribution < -0.4 is 4.74 Å². The Labute approximate surface area is 136 Å². The van der Waals surface area contributed by atoms with Gasteiger partial charge in [0.2, 0.25) is 0 Å². The van der Waals surface area contributed by atoms with Crippen molar-refractivity contribution in [1.82, 2.24) is 4.90 Å². The van der Waals surface area contributed by atoms with Crippen molar-refractivity contribution in [3.05, 3.63) is 65.7 Å². The van der Waals surface area contributed by atoms with Gasteiger partial charge in [-0.2, -0.15) is 5.26 Å². The van der Waals surface area contributed by atoms with Gasteiger partial charge in [-0.25, -0.2) is 4.79 Å². The summed E-state index contributed by atoms with van der Waals surface area (Å²) in [5.74, 6) is 0.0529. The van der Waals surface area contributed by atoms with E-state index in [1.807, 2.05) is 55.1 Å². The second-order valence-electron chi connectivity index (χ2n) is 5.10. The van der Waals surface area contributed by atoms with Gasteiger partial charge in [0.1, 0.15) is 11.8 Å². The third-order valence-corrected chi connectivity index (χ3v) is 3.70. The Morgan fingerprint density at radius 2 is 1.83 bits per heavy atom. The molecule has 0 saturated carbocycles. The van der Waals surface area contributed by atoms with E-state index in [9.17, 15) is 4.79 Å². The largest absolute Gasteiger partial charge is 0.425 e. The number of carbonyl (C=O) groups excluding carboxylic acids is 1. The van der Waals surface area contributed by atoms with Crippen LogP contribution in [0.4, 0.5) is 0 Å². The lowest BCUT2D eigenvalue weighted by Gasteiger charge is -2.28. The first-order valence-electron chi connectivity index (χ1n) is 7.70. The Morgan fingerprint density at radius 3 is 2.43 bits per heavy atom. The third kappa shape index (κ3) is 4.18. The highest BCUT2D eigenvalue weighted by atomic mass is 16.5. The van der Waals surface area contributed by atoms with Crippen LogP contribution in [0.25, 0.3) is 0 Å². The molecular formula is C19H20N2O2. The van der Waals surface area contributed by atoms with Crippen LogP contribution in [-0.4, -0.2) is 24.0 Å². The second-order valence-corrected chi connectivity index (χ2v) is 5.10. The predicted octanol–water partition coefficient (Wildman–Crippen LogP) is 3.55. The number of likely N-dealkylation sites (N-methyl/N-ethyl adjacent to an activating group) is 1. The van der Waals surface area contributed by atoms with Crippen molar-refractivity contribution < 1.29 is 9.53 Å². The summed E-state index contributed by atoms with van der Waals surface area (Å²) in [5.41, 5.74) is 1.37. The van der Waals surface area contributed by atoms with Gasteiger partial charge < -0.3 is 4.74 Å². The van der Waals surface area contributed by atoms with E-state index in [1.165, 1.54) is 0 Å². The number of hydrogen-bond acceptors (Lipinski definition) is 4. The van der Waals surface area contributed by atoms with Crippen molar-refractivity contribution in [2.75, 3.05) is 13.1 Å². The molecular weight excluding hydrogens is 288 g/mol.